The number of aromatic amines is 1. The van der Waals surface area contributed by atoms with Crippen LogP contribution in [0.5, 0.6) is 0 Å². The molecule has 2 aromatic heterocycles. The maximum Gasteiger partial charge on any atom is 0.410 e. The number of carbonyl (C=O) groups excluding carboxylic acids is 3. The van der Waals surface area contributed by atoms with Crippen LogP contribution in [0, 0.1) is 5.92 Å². The van der Waals surface area contributed by atoms with Crippen molar-refractivity contribution < 1.29 is 23.9 Å². The first kappa shape index (κ1) is 33.1. The van der Waals surface area contributed by atoms with Crippen molar-refractivity contribution in [2.45, 2.75) is 65.1 Å². The smallest absolute Gasteiger partial charge is 0.410 e. The molecular weight excluding hydrogens is 605 g/mol. The van der Waals surface area contributed by atoms with Crippen LogP contribution in [0.2, 0.25) is 10.0 Å². The monoisotopic (exact) mass is 643 g/mol. The molecule has 10 nitrogen and oxygen atoms in total. The van der Waals surface area contributed by atoms with Gasteiger partial charge < -0.3 is 30.0 Å². The Morgan fingerprint density at radius 1 is 1.11 bits per heavy atom. The number of halogens is 2. The molecule has 3 N–H and O–H groups in total. The number of rotatable bonds is 9. The standard InChI is InChI=1S/C32H39Cl2N5O5/c1-19(2)37-28-15-24(25(34)17-36-28)22-14-26(35-16-22)29(40)38-27(21-7-6-8-23(33)13-21)18-43-30(41)20-9-11-39(12-10-20)31(42)44-32(3,4)5/h6-8,13-17,19-20,27,35H,9-12,18H2,1-5H3,(H,36,37)(H,38,40)/t27-/m1/s1. The molecule has 1 aromatic carbocycles. The highest BCUT2D eigenvalue weighted by Gasteiger charge is 2.31. The fraction of sp³-hybridized carbons (Fsp3) is 0.438. The molecule has 0 aliphatic carbocycles. The number of hydrogen-bond acceptors (Lipinski definition) is 7. The quantitative estimate of drug-likeness (QED) is 0.217. The minimum atomic E-state index is -0.662. The molecule has 12 heteroatoms. The Bertz CT molecular complexity index is 1480. The van der Waals surface area contributed by atoms with Gasteiger partial charge in [0.15, 0.2) is 0 Å². The van der Waals surface area contributed by atoms with Crippen molar-refractivity contribution >= 4 is 47.0 Å². The van der Waals surface area contributed by atoms with E-state index < -0.39 is 17.6 Å². The average molecular weight is 645 g/mol. The third-order valence-corrected chi connectivity index (χ3v) is 7.50. The highest BCUT2D eigenvalue weighted by molar-refractivity contribution is 6.33. The van der Waals surface area contributed by atoms with Crippen molar-refractivity contribution in [3.05, 3.63) is 70.1 Å². The lowest BCUT2D eigenvalue weighted by atomic mass is 9.97. The number of hydrogen-bond donors (Lipinski definition) is 3. The molecular formula is C32H39Cl2N5O5. The van der Waals surface area contributed by atoms with Gasteiger partial charge in [-0.05, 0) is 77.3 Å². The highest BCUT2D eigenvalue weighted by atomic mass is 35.5. The number of nitrogens with zero attached hydrogens (tertiary/aromatic N) is 2. The first-order valence-corrected chi connectivity index (χ1v) is 15.4. The molecule has 236 valence electrons. The summed E-state index contributed by atoms with van der Waals surface area (Å²) in [5.41, 5.74) is 1.84. The van der Waals surface area contributed by atoms with E-state index in [4.69, 9.17) is 32.7 Å². The van der Waals surface area contributed by atoms with Crippen LogP contribution in [0.4, 0.5) is 10.6 Å². The largest absolute Gasteiger partial charge is 0.463 e. The van der Waals surface area contributed by atoms with E-state index in [2.05, 4.69) is 20.6 Å². The van der Waals surface area contributed by atoms with E-state index >= 15 is 0 Å². The fourth-order valence-electron chi connectivity index (χ4n) is 4.80. The van der Waals surface area contributed by atoms with Gasteiger partial charge in [-0.2, -0.15) is 0 Å². The molecule has 0 unspecified atom stereocenters. The number of amides is 2. The van der Waals surface area contributed by atoms with Gasteiger partial charge in [-0.25, -0.2) is 9.78 Å². The number of anilines is 1. The number of H-pyrrole nitrogens is 1. The Morgan fingerprint density at radius 3 is 2.50 bits per heavy atom. The van der Waals surface area contributed by atoms with Crippen LogP contribution in [0.25, 0.3) is 11.1 Å². The molecule has 1 saturated heterocycles. The molecule has 1 atom stereocenters. The summed E-state index contributed by atoms with van der Waals surface area (Å²) in [4.78, 5) is 47.7. The Labute approximate surface area is 267 Å². The molecule has 2 amide bonds. The maximum absolute atomic E-state index is 13.4. The summed E-state index contributed by atoms with van der Waals surface area (Å²) in [5, 5.41) is 7.15. The molecule has 3 aromatic rings. The first-order valence-electron chi connectivity index (χ1n) is 14.6. The summed E-state index contributed by atoms with van der Waals surface area (Å²) >= 11 is 12.7. The van der Waals surface area contributed by atoms with Gasteiger partial charge in [0.25, 0.3) is 5.91 Å². The van der Waals surface area contributed by atoms with Gasteiger partial charge in [-0.1, -0.05) is 35.3 Å². The summed E-state index contributed by atoms with van der Waals surface area (Å²) in [6.07, 6.45) is 3.80. The Morgan fingerprint density at radius 2 is 1.84 bits per heavy atom. The topological polar surface area (TPSA) is 126 Å². The summed E-state index contributed by atoms with van der Waals surface area (Å²) in [6, 6.07) is 10.1. The van der Waals surface area contributed by atoms with E-state index in [1.807, 2.05) is 46.8 Å². The third-order valence-electron chi connectivity index (χ3n) is 6.96. The van der Waals surface area contributed by atoms with Crippen molar-refractivity contribution in [2.24, 2.45) is 5.92 Å². The Hall–Kier alpha value is -3.76. The van der Waals surface area contributed by atoms with E-state index in [1.54, 1.807) is 41.6 Å². The van der Waals surface area contributed by atoms with Crippen molar-refractivity contribution in [3.8, 4) is 11.1 Å². The normalized spacial score (nSPS) is 14.7. The van der Waals surface area contributed by atoms with E-state index in [1.165, 1.54) is 0 Å². The number of carbonyl (C=O) groups is 3. The molecule has 1 fully saturated rings. The number of pyridine rings is 1. The Balaban J connectivity index is 1.41. The van der Waals surface area contributed by atoms with Gasteiger partial charge in [0.2, 0.25) is 0 Å². The van der Waals surface area contributed by atoms with Crippen molar-refractivity contribution in [1.29, 1.82) is 0 Å². The predicted octanol–water partition coefficient (Wildman–Crippen LogP) is 6.87. The van der Waals surface area contributed by atoms with Gasteiger partial charge >= 0.3 is 12.1 Å². The number of nitrogens with one attached hydrogen (secondary N) is 3. The SMILES string of the molecule is CC(C)Nc1cc(-c2c[nH]c(C(=O)N[C@H](COC(=O)C3CCN(C(=O)OC(C)(C)C)CC3)c3cccc(Cl)c3)c2)c(Cl)cn1. The predicted molar refractivity (Wildman–Crippen MR) is 171 cm³/mol. The van der Waals surface area contributed by atoms with Gasteiger partial charge in [0.05, 0.1) is 17.0 Å². The van der Waals surface area contributed by atoms with E-state index in [-0.39, 0.29) is 30.6 Å². The molecule has 1 aliphatic rings. The zero-order valence-corrected chi connectivity index (χ0v) is 27.1. The number of likely N-dealkylation sites (tertiary alicyclic amines) is 1. The zero-order chi connectivity index (χ0) is 32.0. The highest BCUT2D eigenvalue weighted by Crippen LogP contribution is 2.30. The Kier molecular flexibility index (Phi) is 10.8. The fourth-order valence-corrected chi connectivity index (χ4v) is 5.21. The molecule has 0 spiro atoms. The van der Waals surface area contributed by atoms with Crippen LogP contribution < -0.4 is 10.6 Å². The number of aromatic nitrogens is 2. The van der Waals surface area contributed by atoms with Crippen LogP contribution in [-0.4, -0.2) is 64.2 Å². The number of esters is 1. The van der Waals surface area contributed by atoms with Crippen LogP contribution in [-0.2, 0) is 14.3 Å². The third kappa shape index (κ3) is 9.12. The van der Waals surface area contributed by atoms with Crippen molar-refractivity contribution in [3.63, 3.8) is 0 Å². The van der Waals surface area contributed by atoms with E-state index in [9.17, 15) is 14.4 Å². The van der Waals surface area contributed by atoms with Crippen molar-refractivity contribution in [2.75, 3.05) is 25.0 Å². The van der Waals surface area contributed by atoms with Crippen LogP contribution >= 0.6 is 23.2 Å². The number of ether oxygens (including phenoxy) is 2. The van der Waals surface area contributed by atoms with Gasteiger partial charge in [0.1, 0.15) is 23.7 Å². The number of piperidine rings is 1. The summed E-state index contributed by atoms with van der Waals surface area (Å²) < 4.78 is 11.2. The molecule has 44 heavy (non-hydrogen) atoms. The molecule has 4 rings (SSSR count). The summed E-state index contributed by atoms with van der Waals surface area (Å²) in [6.45, 7) is 10.2. The minimum absolute atomic E-state index is 0.0921. The molecule has 1 aliphatic heterocycles. The minimum Gasteiger partial charge on any atom is -0.463 e. The van der Waals surface area contributed by atoms with E-state index in [0.29, 0.717) is 53.1 Å². The molecule has 3 heterocycles. The van der Waals surface area contributed by atoms with Gasteiger partial charge in [0, 0.05) is 47.7 Å². The van der Waals surface area contributed by atoms with Crippen LogP contribution in [0.15, 0.2) is 48.8 Å². The second kappa shape index (κ2) is 14.3. The summed E-state index contributed by atoms with van der Waals surface area (Å²) in [5.74, 6) is -0.468. The van der Waals surface area contributed by atoms with Crippen LogP contribution in [0.1, 0.15) is 69.6 Å². The lowest BCUT2D eigenvalue weighted by Gasteiger charge is -2.32. The lowest BCUT2D eigenvalue weighted by molar-refractivity contribution is -0.151. The molecule has 0 saturated carbocycles. The van der Waals surface area contributed by atoms with Crippen molar-refractivity contribution in [1.82, 2.24) is 20.2 Å². The zero-order valence-electron chi connectivity index (χ0n) is 25.6. The second-order valence-electron chi connectivity index (χ2n) is 12.1. The molecule has 0 radical (unpaired) electrons. The average Bonchev–Trinajstić information content (AvgIpc) is 3.45. The summed E-state index contributed by atoms with van der Waals surface area (Å²) in [7, 11) is 0. The maximum atomic E-state index is 13.4. The van der Waals surface area contributed by atoms with Gasteiger partial charge in [-0.15, -0.1) is 0 Å². The van der Waals surface area contributed by atoms with Gasteiger partial charge in [-0.3, -0.25) is 9.59 Å². The molecule has 0 bridgehead atoms. The van der Waals surface area contributed by atoms with E-state index in [0.717, 1.165) is 11.1 Å². The van der Waals surface area contributed by atoms with Crippen LogP contribution in [0.3, 0.4) is 0 Å². The lowest BCUT2D eigenvalue weighted by Crippen LogP contribution is -2.43. The first-order chi connectivity index (χ1) is 20.8. The number of benzene rings is 1. The second-order valence-corrected chi connectivity index (χ2v) is 12.9.